The molecule has 5 fully saturated rings. The van der Waals surface area contributed by atoms with Crippen LogP contribution in [0.25, 0.3) is 0 Å². The Morgan fingerprint density at radius 3 is 2.25 bits per heavy atom. The van der Waals surface area contributed by atoms with Crippen LogP contribution < -0.4 is 0 Å². The van der Waals surface area contributed by atoms with Crippen molar-refractivity contribution in [2.45, 2.75) is 86.2 Å². The molecule has 5 rings (SSSR count). The Hall–Kier alpha value is -1.10. The van der Waals surface area contributed by atoms with E-state index in [4.69, 9.17) is 14.2 Å². The maximum atomic E-state index is 13.5. The highest BCUT2D eigenvalue weighted by molar-refractivity contribution is 5.82. The van der Waals surface area contributed by atoms with Crippen LogP contribution in [0.15, 0.2) is 0 Å². The molecule has 9 atom stereocenters. The zero-order valence-corrected chi connectivity index (χ0v) is 20.8. The first-order valence-electron chi connectivity index (χ1n) is 12.9. The van der Waals surface area contributed by atoms with Crippen molar-refractivity contribution in [2.75, 3.05) is 13.4 Å². The van der Waals surface area contributed by atoms with Gasteiger partial charge in [0.05, 0.1) is 11.3 Å². The molecule has 5 aliphatic rings. The maximum Gasteiger partial charge on any atom is 0.312 e. The topological polar surface area (TPSA) is 61.8 Å². The largest absolute Gasteiger partial charge is 0.462 e. The summed E-state index contributed by atoms with van der Waals surface area (Å²) in [5.41, 5.74) is -0.196. The zero-order chi connectivity index (χ0) is 23.1. The molecule has 4 bridgehead atoms. The fourth-order valence-electron chi connectivity index (χ4n) is 8.83. The molecule has 0 aromatic carbocycles. The number of carbonyl (C=O) groups excluding carboxylic acids is 2. The molecular formula is C27H42O5. The Morgan fingerprint density at radius 2 is 1.62 bits per heavy atom. The molecule has 0 radical (unpaired) electrons. The minimum Gasteiger partial charge on any atom is -0.462 e. The van der Waals surface area contributed by atoms with Gasteiger partial charge in [-0.3, -0.25) is 9.59 Å². The van der Waals surface area contributed by atoms with Crippen molar-refractivity contribution in [1.82, 2.24) is 0 Å². The zero-order valence-electron chi connectivity index (χ0n) is 20.8. The summed E-state index contributed by atoms with van der Waals surface area (Å²) < 4.78 is 17.0. The Kier molecular flexibility index (Phi) is 5.28. The first kappa shape index (κ1) is 22.7. The lowest BCUT2D eigenvalue weighted by molar-refractivity contribution is -0.169. The summed E-state index contributed by atoms with van der Waals surface area (Å²) in [7, 11) is 0. The number of ether oxygens (including phenoxy) is 3. The van der Waals surface area contributed by atoms with Crippen LogP contribution >= 0.6 is 0 Å². The monoisotopic (exact) mass is 446 g/mol. The smallest absolute Gasteiger partial charge is 0.312 e. The molecule has 0 aromatic heterocycles. The summed E-state index contributed by atoms with van der Waals surface area (Å²) in [5, 5.41) is 0. The molecule has 9 unspecified atom stereocenters. The van der Waals surface area contributed by atoms with Crippen molar-refractivity contribution < 1.29 is 23.8 Å². The first-order chi connectivity index (χ1) is 15.0. The summed E-state index contributed by atoms with van der Waals surface area (Å²) in [6, 6.07) is 0. The molecule has 5 aliphatic carbocycles. The number of esters is 2. The third kappa shape index (κ3) is 3.44. The summed E-state index contributed by atoms with van der Waals surface area (Å²) >= 11 is 0. The van der Waals surface area contributed by atoms with E-state index in [9.17, 15) is 9.59 Å². The van der Waals surface area contributed by atoms with Crippen molar-refractivity contribution in [2.24, 2.45) is 57.7 Å². The van der Waals surface area contributed by atoms with Crippen LogP contribution in [0.3, 0.4) is 0 Å². The van der Waals surface area contributed by atoms with Gasteiger partial charge in [0, 0.05) is 6.61 Å². The van der Waals surface area contributed by atoms with Gasteiger partial charge in [-0.15, -0.1) is 0 Å². The molecule has 0 heterocycles. The van der Waals surface area contributed by atoms with Crippen LogP contribution in [-0.2, 0) is 23.8 Å². The Morgan fingerprint density at radius 1 is 0.969 bits per heavy atom. The van der Waals surface area contributed by atoms with E-state index in [1.807, 2.05) is 6.92 Å². The van der Waals surface area contributed by atoms with Crippen molar-refractivity contribution >= 4 is 11.9 Å². The van der Waals surface area contributed by atoms with Gasteiger partial charge in [0.1, 0.15) is 6.10 Å². The second kappa shape index (κ2) is 7.45. The lowest BCUT2D eigenvalue weighted by atomic mass is 9.66. The molecule has 32 heavy (non-hydrogen) atoms. The molecule has 0 saturated heterocycles. The number of hydrogen-bond acceptors (Lipinski definition) is 5. The first-order valence-corrected chi connectivity index (χ1v) is 12.9. The van der Waals surface area contributed by atoms with Gasteiger partial charge in [0.15, 0.2) is 6.79 Å². The molecule has 0 aromatic rings. The standard InChI is InChI=1S/C27H42O5/c1-7-30-14-31-23(28)18-9-15-8-17(18)22-19-10-16(21(15)22)11-20(19)32-24(29)27(12-25(2,3)4)13-26(27,5)6/h15-22H,7-14H2,1-6H3. The van der Waals surface area contributed by atoms with Gasteiger partial charge in [-0.1, -0.05) is 34.6 Å². The predicted octanol–water partition coefficient (Wildman–Crippen LogP) is 5.22. The average Bonchev–Trinajstić information content (AvgIpc) is 3.24. The number of carbonyl (C=O) groups is 2. The second-order valence-electron chi connectivity index (χ2n) is 13.4. The van der Waals surface area contributed by atoms with Gasteiger partial charge >= 0.3 is 11.9 Å². The molecule has 5 heteroatoms. The summed E-state index contributed by atoms with van der Waals surface area (Å²) in [4.78, 5) is 26.2. The van der Waals surface area contributed by atoms with Gasteiger partial charge in [-0.25, -0.2) is 0 Å². The predicted molar refractivity (Wildman–Crippen MR) is 120 cm³/mol. The van der Waals surface area contributed by atoms with Gasteiger partial charge in [0.25, 0.3) is 0 Å². The van der Waals surface area contributed by atoms with Gasteiger partial charge in [-0.05, 0) is 91.8 Å². The Balaban J connectivity index is 1.26. The van der Waals surface area contributed by atoms with Gasteiger partial charge < -0.3 is 14.2 Å². The summed E-state index contributed by atoms with van der Waals surface area (Å²) in [5.74, 6) is 3.38. The third-order valence-corrected chi connectivity index (χ3v) is 9.94. The third-order valence-electron chi connectivity index (χ3n) is 9.94. The molecule has 0 spiro atoms. The van der Waals surface area contributed by atoms with Crippen LogP contribution in [-0.4, -0.2) is 31.4 Å². The number of rotatable bonds is 7. The van der Waals surface area contributed by atoms with Gasteiger partial charge in [0.2, 0.25) is 0 Å². The fraction of sp³-hybridized carbons (Fsp3) is 0.926. The molecule has 5 nitrogen and oxygen atoms in total. The van der Waals surface area contributed by atoms with E-state index in [0.29, 0.717) is 36.2 Å². The number of fused-ring (bicyclic) bond motifs is 9. The average molecular weight is 447 g/mol. The lowest BCUT2D eigenvalue weighted by Gasteiger charge is -2.41. The number of hydrogen-bond donors (Lipinski definition) is 0. The van der Waals surface area contributed by atoms with E-state index < -0.39 is 0 Å². The van der Waals surface area contributed by atoms with Crippen molar-refractivity contribution in [3.63, 3.8) is 0 Å². The molecule has 0 N–H and O–H groups in total. The summed E-state index contributed by atoms with van der Waals surface area (Å²) in [6.45, 7) is 13.6. The Bertz CT molecular complexity index is 781. The van der Waals surface area contributed by atoms with E-state index >= 15 is 0 Å². The second-order valence-corrected chi connectivity index (χ2v) is 13.4. The highest BCUT2D eigenvalue weighted by Gasteiger charge is 2.70. The highest BCUT2D eigenvalue weighted by atomic mass is 16.7. The Labute approximate surface area is 193 Å². The van der Waals surface area contributed by atoms with Crippen LogP contribution in [0.5, 0.6) is 0 Å². The van der Waals surface area contributed by atoms with Crippen LogP contribution in [0.2, 0.25) is 0 Å². The van der Waals surface area contributed by atoms with E-state index in [2.05, 4.69) is 34.6 Å². The lowest BCUT2D eigenvalue weighted by Crippen LogP contribution is -2.43. The molecule has 0 aliphatic heterocycles. The van der Waals surface area contributed by atoms with Crippen LogP contribution in [0.1, 0.15) is 80.1 Å². The molecule has 5 saturated carbocycles. The van der Waals surface area contributed by atoms with E-state index in [0.717, 1.165) is 38.0 Å². The minimum absolute atomic E-state index is 0.00649. The maximum absolute atomic E-state index is 13.5. The van der Waals surface area contributed by atoms with Crippen molar-refractivity contribution in [3.05, 3.63) is 0 Å². The molecular weight excluding hydrogens is 404 g/mol. The quantitative estimate of drug-likeness (QED) is 0.232. The van der Waals surface area contributed by atoms with Crippen molar-refractivity contribution in [3.8, 4) is 0 Å². The fourth-order valence-corrected chi connectivity index (χ4v) is 8.83. The summed E-state index contributed by atoms with van der Waals surface area (Å²) in [6.07, 6.45) is 6.20. The van der Waals surface area contributed by atoms with E-state index in [1.54, 1.807) is 0 Å². The minimum atomic E-state index is -0.327. The van der Waals surface area contributed by atoms with E-state index in [-0.39, 0.29) is 47.0 Å². The highest BCUT2D eigenvalue weighted by Crippen LogP contribution is 2.71. The normalized spacial score (nSPS) is 45.1. The van der Waals surface area contributed by atoms with Crippen LogP contribution in [0, 0.1) is 57.7 Å². The molecule has 180 valence electrons. The van der Waals surface area contributed by atoms with Crippen molar-refractivity contribution in [1.29, 1.82) is 0 Å². The van der Waals surface area contributed by atoms with E-state index in [1.165, 1.54) is 6.42 Å². The van der Waals surface area contributed by atoms with Gasteiger partial charge in [-0.2, -0.15) is 0 Å². The SMILES string of the molecule is CCOCOC(=O)C1CC2CC1C1C3CC(CC3OC(=O)C3(CC(C)(C)C)CC3(C)C)C21. The molecule has 0 amide bonds. The van der Waals surface area contributed by atoms with Crippen LogP contribution in [0.4, 0.5) is 0 Å².